The number of aryl methyl sites for hydroxylation is 1. The van der Waals surface area contributed by atoms with Crippen molar-refractivity contribution >= 4 is 11.6 Å². The number of hydrogen-bond donors (Lipinski definition) is 1. The van der Waals surface area contributed by atoms with Gasteiger partial charge in [-0.1, -0.05) is 30.3 Å². The van der Waals surface area contributed by atoms with Gasteiger partial charge in [0, 0.05) is 30.8 Å². The van der Waals surface area contributed by atoms with E-state index >= 15 is 0 Å². The Morgan fingerprint density at radius 2 is 1.92 bits per heavy atom. The Labute approximate surface area is 141 Å². The molecule has 0 aliphatic heterocycles. The molecule has 0 aromatic heterocycles. The minimum Gasteiger partial charge on any atom is -0.334 e. The maximum atomic E-state index is 12.9. The number of nitrogens with zero attached hydrogens (tertiary/aromatic N) is 2. The Morgan fingerprint density at radius 3 is 2.50 bits per heavy atom. The Hall–Kier alpha value is -2.73. The number of hydrogen-bond acceptors (Lipinski definition) is 4. The molecule has 2 rings (SSSR count). The van der Waals surface area contributed by atoms with Gasteiger partial charge in [0.25, 0.3) is 11.6 Å². The van der Waals surface area contributed by atoms with Crippen LogP contribution in [0, 0.1) is 17.0 Å². The number of carbonyl (C=O) groups is 1. The highest BCUT2D eigenvalue weighted by atomic mass is 16.6. The van der Waals surface area contributed by atoms with Crippen molar-refractivity contribution in [1.29, 1.82) is 0 Å². The second kappa shape index (κ2) is 8.21. The highest BCUT2D eigenvalue weighted by molar-refractivity contribution is 5.95. The van der Waals surface area contributed by atoms with Crippen LogP contribution in [0.4, 0.5) is 5.69 Å². The minimum absolute atomic E-state index is 0.0133. The van der Waals surface area contributed by atoms with E-state index in [1.165, 1.54) is 18.2 Å². The molecule has 0 atom stereocenters. The van der Waals surface area contributed by atoms with Crippen LogP contribution in [0.2, 0.25) is 0 Å². The molecule has 6 heteroatoms. The monoisotopic (exact) mass is 327 g/mol. The van der Waals surface area contributed by atoms with Crippen molar-refractivity contribution in [1.82, 2.24) is 4.90 Å². The smallest absolute Gasteiger partial charge is 0.269 e. The maximum absolute atomic E-state index is 12.9. The molecule has 24 heavy (non-hydrogen) atoms. The lowest BCUT2D eigenvalue weighted by atomic mass is 10.1. The lowest BCUT2D eigenvalue weighted by Gasteiger charge is -2.23. The Kier molecular flexibility index (Phi) is 6.03. The summed E-state index contributed by atoms with van der Waals surface area (Å²) in [7, 11) is 0. The zero-order valence-electron chi connectivity index (χ0n) is 13.6. The third kappa shape index (κ3) is 4.39. The Bertz CT molecular complexity index is 717. The SMILES string of the molecule is Cc1cc([N+](=O)[O-])ccc1C(=O)N(CCCN)Cc1ccccc1. The largest absolute Gasteiger partial charge is 0.334 e. The summed E-state index contributed by atoms with van der Waals surface area (Å²) < 4.78 is 0. The summed E-state index contributed by atoms with van der Waals surface area (Å²) >= 11 is 0. The Morgan fingerprint density at radius 1 is 1.21 bits per heavy atom. The molecule has 0 fully saturated rings. The van der Waals surface area contributed by atoms with Gasteiger partial charge in [-0.15, -0.1) is 0 Å². The van der Waals surface area contributed by atoms with Gasteiger partial charge in [0.1, 0.15) is 0 Å². The molecule has 2 aromatic carbocycles. The molecule has 6 nitrogen and oxygen atoms in total. The van der Waals surface area contributed by atoms with E-state index < -0.39 is 4.92 Å². The molecule has 0 aliphatic carbocycles. The van der Waals surface area contributed by atoms with Gasteiger partial charge >= 0.3 is 0 Å². The molecule has 0 spiro atoms. The number of amides is 1. The molecule has 126 valence electrons. The van der Waals surface area contributed by atoms with Crippen LogP contribution in [0.1, 0.15) is 27.9 Å². The van der Waals surface area contributed by atoms with Crippen LogP contribution in [0.3, 0.4) is 0 Å². The average molecular weight is 327 g/mol. The van der Waals surface area contributed by atoms with E-state index in [1.807, 2.05) is 30.3 Å². The fraction of sp³-hybridized carbons (Fsp3) is 0.278. The first-order chi connectivity index (χ1) is 11.5. The van der Waals surface area contributed by atoms with Gasteiger partial charge < -0.3 is 10.6 Å². The molecule has 1 amide bonds. The van der Waals surface area contributed by atoms with E-state index in [1.54, 1.807) is 11.8 Å². The van der Waals surface area contributed by atoms with Crippen molar-refractivity contribution in [2.45, 2.75) is 19.9 Å². The number of benzene rings is 2. The second-order valence-corrected chi connectivity index (χ2v) is 5.61. The quantitative estimate of drug-likeness (QED) is 0.625. The summed E-state index contributed by atoms with van der Waals surface area (Å²) in [5.41, 5.74) is 7.67. The summed E-state index contributed by atoms with van der Waals surface area (Å²) in [6.07, 6.45) is 0.699. The van der Waals surface area contributed by atoms with Crippen LogP contribution in [0.25, 0.3) is 0 Å². The fourth-order valence-corrected chi connectivity index (χ4v) is 2.51. The molecule has 2 aromatic rings. The zero-order chi connectivity index (χ0) is 17.5. The summed E-state index contributed by atoms with van der Waals surface area (Å²) in [4.78, 5) is 25.0. The summed E-state index contributed by atoms with van der Waals surface area (Å²) in [5.74, 6) is -0.139. The van der Waals surface area contributed by atoms with Gasteiger partial charge in [0.05, 0.1) is 4.92 Å². The molecule has 0 aliphatic rings. The summed E-state index contributed by atoms with van der Waals surface area (Å²) in [6.45, 7) is 3.23. The van der Waals surface area contributed by atoms with Crippen LogP contribution in [0.15, 0.2) is 48.5 Å². The van der Waals surface area contributed by atoms with E-state index in [4.69, 9.17) is 5.73 Å². The van der Waals surface area contributed by atoms with E-state index in [0.717, 1.165) is 5.56 Å². The number of carbonyl (C=O) groups excluding carboxylic acids is 1. The van der Waals surface area contributed by atoms with Crippen molar-refractivity contribution in [2.24, 2.45) is 5.73 Å². The van der Waals surface area contributed by atoms with Crippen molar-refractivity contribution in [2.75, 3.05) is 13.1 Å². The van der Waals surface area contributed by atoms with E-state index in [9.17, 15) is 14.9 Å². The van der Waals surface area contributed by atoms with Crippen LogP contribution in [0.5, 0.6) is 0 Å². The van der Waals surface area contributed by atoms with Gasteiger partial charge in [0.2, 0.25) is 0 Å². The first-order valence-corrected chi connectivity index (χ1v) is 7.81. The van der Waals surface area contributed by atoms with Gasteiger partial charge in [-0.2, -0.15) is 0 Å². The number of non-ortho nitro benzene ring substituents is 1. The molecule has 0 heterocycles. The minimum atomic E-state index is -0.461. The number of nitrogens with two attached hydrogens (primary N) is 1. The summed E-state index contributed by atoms with van der Waals surface area (Å²) in [5, 5.41) is 10.8. The summed E-state index contributed by atoms with van der Waals surface area (Å²) in [6, 6.07) is 14.0. The molecule has 2 N–H and O–H groups in total. The number of rotatable bonds is 7. The van der Waals surface area contributed by atoms with Crippen molar-refractivity contribution in [3.63, 3.8) is 0 Å². The van der Waals surface area contributed by atoms with Crippen LogP contribution in [-0.4, -0.2) is 28.8 Å². The van der Waals surface area contributed by atoms with E-state index in [0.29, 0.717) is 37.2 Å². The number of nitro benzene ring substituents is 1. The highest BCUT2D eigenvalue weighted by Crippen LogP contribution is 2.19. The maximum Gasteiger partial charge on any atom is 0.269 e. The van der Waals surface area contributed by atoms with E-state index in [2.05, 4.69) is 0 Å². The number of nitro groups is 1. The standard InChI is InChI=1S/C18H21N3O3/c1-14-12-16(21(23)24)8-9-17(14)18(22)20(11-5-10-19)13-15-6-3-2-4-7-15/h2-4,6-9,12H,5,10-11,13,19H2,1H3. The van der Waals surface area contributed by atoms with Crippen LogP contribution in [-0.2, 0) is 6.54 Å². The third-order valence-corrected chi connectivity index (χ3v) is 3.79. The van der Waals surface area contributed by atoms with Gasteiger partial charge in [0.15, 0.2) is 0 Å². The second-order valence-electron chi connectivity index (χ2n) is 5.61. The van der Waals surface area contributed by atoms with Gasteiger partial charge in [-0.25, -0.2) is 0 Å². The fourth-order valence-electron chi connectivity index (χ4n) is 2.51. The lowest BCUT2D eigenvalue weighted by molar-refractivity contribution is -0.384. The normalized spacial score (nSPS) is 10.4. The topological polar surface area (TPSA) is 89.5 Å². The molecule has 0 saturated heterocycles. The van der Waals surface area contributed by atoms with Crippen molar-refractivity contribution < 1.29 is 9.72 Å². The van der Waals surface area contributed by atoms with E-state index in [-0.39, 0.29) is 11.6 Å². The molecule has 0 radical (unpaired) electrons. The van der Waals surface area contributed by atoms with Crippen LogP contribution >= 0.6 is 0 Å². The molecular formula is C18H21N3O3. The third-order valence-electron chi connectivity index (χ3n) is 3.79. The molecular weight excluding hydrogens is 306 g/mol. The van der Waals surface area contributed by atoms with Gasteiger partial charge in [-0.05, 0) is 37.1 Å². The Balaban J connectivity index is 2.25. The average Bonchev–Trinajstić information content (AvgIpc) is 2.58. The molecule has 0 unspecified atom stereocenters. The van der Waals surface area contributed by atoms with Crippen molar-refractivity contribution in [3.05, 3.63) is 75.3 Å². The molecule has 0 bridgehead atoms. The first-order valence-electron chi connectivity index (χ1n) is 7.81. The molecule has 0 saturated carbocycles. The predicted octanol–water partition coefficient (Wildman–Crippen LogP) is 2.89. The lowest BCUT2D eigenvalue weighted by Crippen LogP contribution is -2.33. The van der Waals surface area contributed by atoms with Crippen molar-refractivity contribution in [3.8, 4) is 0 Å². The zero-order valence-corrected chi connectivity index (χ0v) is 13.6. The highest BCUT2D eigenvalue weighted by Gasteiger charge is 2.19. The first kappa shape index (κ1) is 17.6. The van der Waals surface area contributed by atoms with Gasteiger partial charge in [-0.3, -0.25) is 14.9 Å². The van der Waals surface area contributed by atoms with Crippen LogP contribution < -0.4 is 5.73 Å². The predicted molar refractivity (Wildman–Crippen MR) is 92.7 cm³/mol.